The highest BCUT2D eigenvalue weighted by molar-refractivity contribution is 9.10. The van der Waals surface area contributed by atoms with Gasteiger partial charge in [-0.1, -0.05) is 12.8 Å². The average molecular weight is 298 g/mol. The van der Waals surface area contributed by atoms with Crippen molar-refractivity contribution in [3.8, 4) is 0 Å². The van der Waals surface area contributed by atoms with E-state index < -0.39 is 0 Å². The first-order chi connectivity index (χ1) is 8.08. The summed E-state index contributed by atoms with van der Waals surface area (Å²) in [5, 5.41) is 0. The van der Waals surface area contributed by atoms with Crippen LogP contribution in [0.15, 0.2) is 21.5 Å². The smallest absolute Gasteiger partial charge is 0.253 e. The van der Waals surface area contributed by atoms with Crippen LogP contribution in [0.25, 0.3) is 0 Å². The maximum absolute atomic E-state index is 12.0. The van der Waals surface area contributed by atoms with Gasteiger partial charge in [0.1, 0.15) is 0 Å². The maximum Gasteiger partial charge on any atom is 0.253 e. The van der Waals surface area contributed by atoms with E-state index in [9.17, 15) is 9.59 Å². The predicted molar refractivity (Wildman–Crippen MR) is 70.1 cm³/mol. The van der Waals surface area contributed by atoms with E-state index >= 15 is 0 Å². The van der Waals surface area contributed by atoms with Crippen LogP contribution in [0.3, 0.4) is 0 Å². The number of carbonyl (C=O) groups is 1. The minimum absolute atomic E-state index is 0.0699. The topological polar surface area (TPSA) is 39.1 Å². The number of aromatic nitrogens is 1. The Balaban J connectivity index is 2.18. The van der Waals surface area contributed by atoms with Crippen molar-refractivity contribution in [3.63, 3.8) is 0 Å². The van der Waals surface area contributed by atoms with Crippen LogP contribution in [-0.2, 0) is 11.3 Å². The zero-order valence-electron chi connectivity index (χ0n) is 9.91. The Labute approximate surface area is 109 Å². The van der Waals surface area contributed by atoms with Crippen molar-refractivity contribution < 1.29 is 4.79 Å². The standard InChI is InChI=1S/C13H16BrNO2/c1-9-6-11(14)7-15(13(9)17)8-12(16)10-4-2-3-5-10/h6-7,10H,2-5,8H2,1H3. The van der Waals surface area contributed by atoms with Gasteiger partial charge in [0.25, 0.3) is 5.56 Å². The number of rotatable bonds is 3. The van der Waals surface area contributed by atoms with E-state index in [0.717, 1.165) is 30.2 Å². The first kappa shape index (κ1) is 12.6. The van der Waals surface area contributed by atoms with Crippen LogP contribution >= 0.6 is 15.9 Å². The minimum atomic E-state index is -0.0699. The molecule has 1 aromatic rings. The largest absolute Gasteiger partial charge is 0.307 e. The molecule has 0 aromatic carbocycles. The van der Waals surface area contributed by atoms with E-state index in [1.54, 1.807) is 19.2 Å². The zero-order valence-corrected chi connectivity index (χ0v) is 11.5. The highest BCUT2D eigenvalue weighted by Gasteiger charge is 2.22. The molecule has 0 radical (unpaired) electrons. The van der Waals surface area contributed by atoms with Gasteiger partial charge in [-0.2, -0.15) is 0 Å². The number of Topliss-reactive ketones (excluding diaryl/α,β-unsaturated/α-hetero) is 1. The summed E-state index contributed by atoms with van der Waals surface area (Å²) in [4.78, 5) is 23.9. The Hall–Kier alpha value is -0.900. The van der Waals surface area contributed by atoms with Gasteiger partial charge < -0.3 is 4.57 Å². The van der Waals surface area contributed by atoms with Crippen molar-refractivity contribution in [3.05, 3.63) is 32.7 Å². The molecular weight excluding hydrogens is 282 g/mol. The van der Waals surface area contributed by atoms with Gasteiger partial charge in [-0.05, 0) is 41.8 Å². The van der Waals surface area contributed by atoms with E-state index in [-0.39, 0.29) is 23.8 Å². The average Bonchev–Trinajstić information content (AvgIpc) is 2.78. The van der Waals surface area contributed by atoms with Crippen molar-refractivity contribution in [2.75, 3.05) is 0 Å². The fourth-order valence-corrected chi connectivity index (χ4v) is 2.99. The first-order valence-electron chi connectivity index (χ1n) is 5.97. The zero-order chi connectivity index (χ0) is 12.4. The number of ketones is 1. The lowest BCUT2D eigenvalue weighted by Gasteiger charge is -2.10. The van der Waals surface area contributed by atoms with Crippen molar-refractivity contribution in [2.24, 2.45) is 5.92 Å². The molecule has 1 fully saturated rings. The molecule has 1 aliphatic rings. The molecule has 1 aliphatic carbocycles. The van der Waals surface area contributed by atoms with Gasteiger partial charge in [0.2, 0.25) is 0 Å². The first-order valence-corrected chi connectivity index (χ1v) is 6.76. The minimum Gasteiger partial charge on any atom is -0.307 e. The lowest BCUT2D eigenvalue weighted by Crippen LogP contribution is -2.28. The molecule has 1 saturated carbocycles. The summed E-state index contributed by atoms with van der Waals surface area (Å²) < 4.78 is 2.36. The van der Waals surface area contributed by atoms with Crippen molar-refractivity contribution >= 4 is 21.7 Å². The fourth-order valence-electron chi connectivity index (χ4n) is 2.40. The molecule has 0 spiro atoms. The van der Waals surface area contributed by atoms with Crippen LogP contribution in [0, 0.1) is 12.8 Å². The third-order valence-electron chi connectivity index (χ3n) is 3.37. The molecule has 0 unspecified atom stereocenters. The highest BCUT2D eigenvalue weighted by atomic mass is 79.9. The van der Waals surface area contributed by atoms with Gasteiger partial charge in [0.15, 0.2) is 5.78 Å². The predicted octanol–water partition coefficient (Wildman–Crippen LogP) is 2.68. The number of hydrogen-bond acceptors (Lipinski definition) is 2. The van der Waals surface area contributed by atoms with Crippen LogP contribution in [0.1, 0.15) is 31.2 Å². The van der Waals surface area contributed by atoms with Gasteiger partial charge in [0, 0.05) is 22.2 Å². The molecule has 3 nitrogen and oxygen atoms in total. The van der Waals surface area contributed by atoms with Gasteiger partial charge >= 0.3 is 0 Å². The summed E-state index contributed by atoms with van der Waals surface area (Å²) in [6, 6.07) is 1.78. The quantitative estimate of drug-likeness (QED) is 0.860. The third-order valence-corrected chi connectivity index (χ3v) is 3.80. The lowest BCUT2D eigenvalue weighted by atomic mass is 10.0. The van der Waals surface area contributed by atoms with E-state index in [0.29, 0.717) is 5.56 Å². The molecular formula is C13H16BrNO2. The third kappa shape index (κ3) is 2.86. The number of pyridine rings is 1. The highest BCUT2D eigenvalue weighted by Crippen LogP contribution is 2.25. The van der Waals surface area contributed by atoms with E-state index in [2.05, 4.69) is 15.9 Å². The van der Waals surface area contributed by atoms with Crippen LogP contribution < -0.4 is 5.56 Å². The Morgan fingerprint density at radius 1 is 1.47 bits per heavy atom. The van der Waals surface area contributed by atoms with E-state index in [1.807, 2.05) is 0 Å². The van der Waals surface area contributed by atoms with E-state index in [1.165, 1.54) is 4.57 Å². The second-order valence-electron chi connectivity index (χ2n) is 4.72. The molecule has 0 bridgehead atoms. The van der Waals surface area contributed by atoms with Crippen LogP contribution in [0.2, 0.25) is 0 Å². The summed E-state index contributed by atoms with van der Waals surface area (Å²) in [5.41, 5.74) is 0.596. The molecule has 0 amide bonds. The SMILES string of the molecule is Cc1cc(Br)cn(CC(=O)C2CCCC2)c1=O. The molecule has 4 heteroatoms. The van der Waals surface area contributed by atoms with Gasteiger partial charge in [0.05, 0.1) is 6.54 Å². The van der Waals surface area contributed by atoms with Gasteiger partial charge in [-0.15, -0.1) is 0 Å². The molecule has 17 heavy (non-hydrogen) atoms. The van der Waals surface area contributed by atoms with Crippen LogP contribution in [0.4, 0.5) is 0 Å². The van der Waals surface area contributed by atoms with Crippen molar-refractivity contribution in [1.82, 2.24) is 4.57 Å². The molecule has 2 rings (SSSR count). The number of carbonyl (C=O) groups excluding carboxylic acids is 1. The molecule has 92 valence electrons. The van der Waals surface area contributed by atoms with Gasteiger partial charge in [-0.25, -0.2) is 0 Å². The lowest BCUT2D eigenvalue weighted by molar-refractivity contribution is -0.123. The summed E-state index contributed by atoms with van der Waals surface area (Å²) in [7, 11) is 0. The van der Waals surface area contributed by atoms with Crippen LogP contribution in [-0.4, -0.2) is 10.4 Å². The second-order valence-corrected chi connectivity index (χ2v) is 5.64. The number of aryl methyl sites for hydroxylation is 1. The summed E-state index contributed by atoms with van der Waals surface area (Å²) in [6.45, 7) is 1.98. The van der Waals surface area contributed by atoms with Gasteiger partial charge in [-0.3, -0.25) is 9.59 Å². The molecule has 0 aliphatic heterocycles. The number of hydrogen-bond donors (Lipinski definition) is 0. The molecule has 0 atom stereocenters. The summed E-state index contributed by atoms with van der Waals surface area (Å²) in [6.07, 6.45) is 5.95. The molecule has 1 heterocycles. The molecule has 0 N–H and O–H groups in total. The van der Waals surface area contributed by atoms with Crippen molar-refractivity contribution in [1.29, 1.82) is 0 Å². The maximum atomic E-state index is 12.0. The number of halogens is 1. The molecule has 1 aromatic heterocycles. The summed E-state index contributed by atoms with van der Waals surface area (Å²) >= 11 is 3.35. The normalized spacial score (nSPS) is 16.4. The Kier molecular flexibility index (Phi) is 3.82. The van der Waals surface area contributed by atoms with Crippen LogP contribution in [0.5, 0.6) is 0 Å². The number of nitrogens with zero attached hydrogens (tertiary/aromatic N) is 1. The summed E-state index contributed by atoms with van der Waals surface area (Å²) in [5.74, 6) is 0.364. The fraction of sp³-hybridized carbons (Fsp3) is 0.538. The van der Waals surface area contributed by atoms with Crippen molar-refractivity contribution in [2.45, 2.75) is 39.2 Å². The molecule has 0 saturated heterocycles. The Morgan fingerprint density at radius 3 is 2.76 bits per heavy atom. The Bertz CT molecular complexity index is 487. The Morgan fingerprint density at radius 2 is 2.12 bits per heavy atom. The van der Waals surface area contributed by atoms with E-state index in [4.69, 9.17) is 0 Å². The monoisotopic (exact) mass is 297 g/mol. The second kappa shape index (κ2) is 5.17.